The summed E-state index contributed by atoms with van der Waals surface area (Å²) in [6, 6.07) is 13.8. The molecular formula is C24H28N4O3. The lowest BCUT2D eigenvalue weighted by atomic mass is 9.99. The third-order valence-corrected chi connectivity index (χ3v) is 5.03. The lowest BCUT2D eigenvalue weighted by Gasteiger charge is -2.30. The molecule has 0 fully saturated rings. The summed E-state index contributed by atoms with van der Waals surface area (Å²) >= 11 is 0. The number of anilines is 2. The standard InChI is InChI=1S/C17H20N2O2.C7H8N2O/c1-12-4-5-17(18-10-12)19-7-6-13-8-15(20-2)16(21-3)9-14(13)11-19;1-6-3-2-4-7(9-6)8-5-10/h4-5,8-10H,6-7,11H2,1-3H3;2-5H,1H3,(H,8,9,10). The van der Waals surface area contributed by atoms with Crippen LogP contribution in [0, 0.1) is 13.8 Å². The van der Waals surface area contributed by atoms with Crippen LogP contribution in [0.3, 0.4) is 0 Å². The van der Waals surface area contributed by atoms with Crippen molar-refractivity contribution in [2.45, 2.75) is 26.8 Å². The van der Waals surface area contributed by atoms with Gasteiger partial charge in [0, 0.05) is 25.0 Å². The van der Waals surface area contributed by atoms with Gasteiger partial charge in [0.05, 0.1) is 14.2 Å². The molecule has 1 aliphatic heterocycles. The molecule has 162 valence electrons. The van der Waals surface area contributed by atoms with Crippen molar-refractivity contribution in [3.05, 3.63) is 71.0 Å². The van der Waals surface area contributed by atoms with E-state index >= 15 is 0 Å². The average molecular weight is 421 g/mol. The number of hydrogen-bond donors (Lipinski definition) is 1. The molecule has 0 saturated carbocycles. The number of benzene rings is 1. The molecule has 3 aromatic rings. The zero-order valence-corrected chi connectivity index (χ0v) is 18.4. The fourth-order valence-electron chi connectivity index (χ4n) is 3.41. The van der Waals surface area contributed by atoms with E-state index in [1.807, 2.05) is 25.3 Å². The first-order chi connectivity index (χ1) is 15.0. The molecule has 0 radical (unpaired) electrons. The molecule has 0 spiro atoms. The molecule has 1 N–H and O–H groups in total. The number of aromatic nitrogens is 2. The van der Waals surface area contributed by atoms with Crippen molar-refractivity contribution in [3.8, 4) is 11.5 Å². The molecule has 0 saturated heterocycles. The second-order valence-corrected chi connectivity index (χ2v) is 7.27. The van der Waals surface area contributed by atoms with Gasteiger partial charge in [-0.1, -0.05) is 12.1 Å². The Morgan fingerprint density at radius 1 is 1.03 bits per heavy atom. The largest absolute Gasteiger partial charge is 0.493 e. The number of rotatable bonds is 5. The third-order valence-electron chi connectivity index (χ3n) is 5.03. The number of pyridine rings is 2. The number of fused-ring (bicyclic) bond motifs is 1. The Morgan fingerprint density at radius 2 is 1.77 bits per heavy atom. The van der Waals surface area contributed by atoms with Crippen LogP contribution in [-0.2, 0) is 17.8 Å². The van der Waals surface area contributed by atoms with Crippen molar-refractivity contribution in [2.75, 3.05) is 31.0 Å². The minimum atomic E-state index is 0.593. The van der Waals surface area contributed by atoms with Gasteiger partial charge in [-0.2, -0.15) is 0 Å². The maximum Gasteiger partial charge on any atom is 0.212 e. The molecule has 0 unspecified atom stereocenters. The summed E-state index contributed by atoms with van der Waals surface area (Å²) in [5.41, 5.74) is 4.69. The molecule has 1 aliphatic rings. The summed E-state index contributed by atoms with van der Waals surface area (Å²) in [5, 5.41) is 2.46. The van der Waals surface area contributed by atoms with Crippen molar-refractivity contribution in [3.63, 3.8) is 0 Å². The highest BCUT2D eigenvalue weighted by atomic mass is 16.5. The van der Waals surface area contributed by atoms with Crippen LogP contribution in [-0.4, -0.2) is 37.1 Å². The van der Waals surface area contributed by atoms with Crippen molar-refractivity contribution in [1.29, 1.82) is 0 Å². The van der Waals surface area contributed by atoms with E-state index < -0.39 is 0 Å². The fourth-order valence-corrected chi connectivity index (χ4v) is 3.41. The molecule has 7 heteroatoms. The first-order valence-electron chi connectivity index (χ1n) is 10.1. The van der Waals surface area contributed by atoms with Crippen LogP contribution < -0.4 is 19.7 Å². The zero-order valence-electron chi connectivity index (χ0n) is 18.4. The van der Waals surface area contributed by atoms with E-state index in [0.717, 1.165) is 42.5 Å². The van der Waals surface area contributed by atoms with Crippen LogP contribution in [0.1, 0.15) is 22.4 Å². The monoisotopic (exact) mass is 420 g/mol. The molecule has 0 bridgehead atoms. The average Bonchev–Trinajstić information content (AvgIpc) is 2.79. The Balaban J connectivity index is 0.000000229. The highest BCUT2D eigenvalue weighted by Crippen LogP contribution is 2.34. The summed E-state index contributed by atoms with van der Waals surface area (Å²) in [6.07, 6.45) is 3.52. The molecule has 0 atom stereocenters. The van der Waals surface area contributed by atoms with Crippen LogP contribution in [0.4, 0.5) is 11.6 Å². The Morgan fingerprint density at radius 3 is 2.39 bits per heavy atom. The fraction of sp³-hybridized carbons (Fsp3) is 0.292. The maximum absolute atomic E-state index is 9.93. The highest BCUT2D eigenvalue weighted by Gasteiger charge is 2.20. The lowest BCUT2D eigenvalue weighted by molar-refractivity contribution is -0.105. The first-order valence-corrected chi connectivity index (χ1v) is 10.1. The second kappa shape index (κ2) is 10.4. The second-order valence-electron chi connectivity index (χ2n) is 7.27. The van der Waals surface area contributed by atoms with Crippen LogP contribution >= 0.6 is 0 Å². The SMILES string of the molecule is COc1cc2c(cc1OC)CN(c1ccc(C)cn1)CC2.Cc1cccc(NC=O)n1. The van der Waals surface area contributed by atoms with E-state index in [1.54, 1.807) is 20.3 Å². The number of amides is 1. The first kappa shape index (κ1) is 22.1. The van der Waals surface area contributed by atoms with E-state index in [0.29, 0.717) is 12.2 Å². The number of hydrogen-bond acceptors (Lipinski definition) is 6. The van der Waals surface area contributed by atoms with Gasteiger partial charge in [0.2, 0.25) is 6.41 Å². The van der Waals surface area contributed by atoms with Crippen LogP contribution in [0.25, 0.3) is 0 Å². The number of nitrogens with one attached hydrogen (secondary N) is 1. The molecule has 0 aliphatic carbocycles. The van der Waals surface area contributed by atoms with E-state index in [4.69, 9.17) is 9.47 Å². The molecule has 1 amide bonds. The van der Waals surface area contributed by atoms with Crippen molar-refractivity contribution in [1.82, 2.24) is 9.97 Å². The Kier molecular flexibility index (Phi) is 7.43. The predicted molar refractivity (Wildman–Crippen MR) is 122 cm³/mol. The lowest BCUT2D eigenvalue weighted by Crippen LogP contribution is -2.31. The van der Waals surface area contributed by atoms with E-state index in [2.05, 4.69) is 51.4 Å². The van der Waals surface area contributed by atoms with Gasteiger partial charge in [-0.05, 0) is 67.3 Å². The topological polar surface area (TPSA) is 76.6 Å². The summed E-state index contributed by atoms with van der Waals surface area (Å²) in [7, 11) is 3.35. The van der Waals surface area contributed by atoms with Gasteiger partial charge >= 0.3 is 0 Å². The van der Waals surface area contributed by atoms with Crippen LogP contribution in [0.2, 0.25) is 0 Å². The van der Waals surface area contributed by atoms with Gasteiger partial charge in [0.1, 0.15) is 11.6 Å². The number of methoxy groups -OCH3 is 2. The van der Waals surface area contributed by atoms with Gasteiger partial charge in [-0.3, -0.25) is 4.79 Å². The van der Waals surface area contributed by atoms with Gasteiger partial charge in [0.15, 0.2) is 11.5 Å². The summed E-state index contributed by atoms with van der Waals surface area (Å²) in [5.74, 6) is 3.21. The van der Waals surface area contributed by atoms with Crippen LogP contribution in [0.15, 0.2) is 48.7 Å². The quantitative estimate of drug-likeness (QED) is 0.631. The Bertz CT molecular complexity index is 1020. The predicted octanol–water partition coefficient (Wildman–Crippen LogP) is 3.93. The van der Waals surface area contributed by atoms with Gasteiger partial charge in [-0.15, -0.1) is 0 Å². The smallest absolute Gasteiger partial charge is 0.212 e. The molecule has 31 heavy (non-hydrogen) atoms. The molecule has 4 rings (SSSR count). The molecular weight excluding hydrogens is 392 g/mol. The minimum Gasteiger partial charge on any atom is -0.493 e. The Labute approximate surface area is 183 Å². The van der Waals surface area contributed by atoms with Gasteiger partial charge in [0.25, 0.3) is 0 Å². The molecule has 1 aromatic carbocycles. The van der Waals surface area contributed by atoms with E-state index in [1.165, 1.54) is 16.7 Å². The summed E-state index contributed by atoms with van der Waals surface area (Å²) in [6.45, 7) is 5.75. The van der Waals surface area contributed by atoms with E-state index in [9.17, 15) is 4.79 Å². The number of ether oxygens (including phenoxy) is 2. The number of aryl methyl sites for hydroxylation is 2. The molecule has 3 heterocycles. The van der Waals surface area contributed by atoms with Crippen LogP contribution in [0.5, 0.6) is 11.5 Å². The van der Waals surface area contributed by atoms with Crippen molar-refractivity contribution in [2.24, 2.45) is 0 Å². The van der Waals surface area contributed by atoms with Crippen molar-refractivity contribution >= 4 is 18.0 Å². The number of carbonyl (C=O) groups is 1. The normalized spacial score (nSPS) is 12.2. The molecule has 2 aromatic heterocycles. The Hall–Kier alpha value is -3.61. The van der Waals surface area contributed by atoms with Crippen molar-refractivity contribution < 1.29 is 14.3 Å². The summed E-state index contributed by atoms with van der Waals surface area (Å²) in [4.78, 5) is 20.8. The highest BCUT2D eigenvalue weighted by molar-refractivity contribution is 5.68. The minimum absolute atomic E-state index is 0.593. The number of carbonyl (C=O) groups excluding carboxylic acids is 1. The molecule has 7 nitrogen and oxygen atoms in total. The zero-order chi connectivity index (χ0) is 22.2. The van der Waals surface area contributed by atoms with Gasteiger partial charge < -0.3 is 19.7 Å². The van der Waals surface area contributed by atoms with Gasteiger partial charge in [-0.25, -0.2) is 9.97 Å². The third kappa shape index (κ3) is 5.72. The summed E-state index contributed by atoms with van der Waals surface area (Å²) < 4.78 is 10.8. The van der Waals surface area contributed by atoms with E-state index in [-0.39, 0.29) is 0 Å². The maximum atomic E-state index is 9.93. The number of nitrogens with zero attached hydrogens (tertiary/aromatic N) is 3.